The summed E-state index contributed by atoms with van der Waals surface area (Å²) in [5.41, 5.74) is 3.60. The van der Waals surface area contributed by atoms with E-state index in [9.17, 15) is 0 Å². The molecular formula is C10H11N3. The molecule has 66 valence electrons. The molecule has 3 N–H and O–H groups in total. The smallest absolute Gasteiger partial charge is 0.0633 e. The molecule has 0 aliphatic rings. The number of rotatable bonds is 2. The standard InChI is InChI=1S/C10H11N3/c11-13-7-10-9-4-2-1-3-8(9)5-6-12-10/h1-6,13H,7,11H2. The maximum atomic E-state index is 5.26. The van der Waals surface area contributed by atoms with Crippen LogP contribution in [0.1, 0.15) is 5.69 Å². The first-order chi connectivity index (χ1) is 6.42. The summed E-state index contributed by atoms with van der Waals surface area (Å²) in [6, 6.07) is 10.1. The molecule has 3 nitrogen and oxygen atoms in total. The molecule has 2 aromatic rings. The Balaban J connectivity index is 2.61. The van der Waals surface area contributed by atoms with Crippen LogP contribution in [0.25, 0.3) is 10.8 Å². The lowest BCUT2D eigenvalue weighted by atomic mass is 10.1. The molecule has 2 rings (SSSR count). The molecule has 0 saturated heterocycles. The van der Waals surface area contributed by atoms with Gasteiger partial charge in [0.05, 0.1) is 12.2 Å². The fourth-order valence-corrected chi connectivity index (χ4v) is 1.42. The summed E-state index contributed by atoms with van der Waals surface area (Å²) in [6.45, 7) is 0.599. The van der Waals surface area contributed by atoms with Gasteiger partial charge in [-0.15, -0.1) is 0 Å². The zero-order chi connectivity index (χ0) is 9.10. The van der Waals surface area contributed by atoms with E-state index < -0.39 is 0 Å². The van der Waals surface area contributed by atoms with Crippen molar-refractivity contribution >= 4 is 10.8 Å². The number of hydrogen-bond acceptors (Lipinski definition) is 3. The second-order valence-corrected chi connectivity index (χ2v) is 2.86. The summed E-state index contributed by atoms with van der Waals surface area (Å²) in [5.74, 6) is 5.26. The van der Waals surface area contributed by atoms with Crippen LogP contribution in [0.3, 0.4) is 0 Å². The minimum Gasteiger partial charge on any atom is -0.271 e. The van der Waals surface area contributed by atoms with E-state index in [1.807, 2.05) is 18.2 Å². The molecule has 0 saturated carbocycles. The first kappa shape index (κ1) is 8.16. The molecule has 0 unspecified atom stereocenters. The Hall–Kier alpha value is -1.45. The van der Waals surface area contributed by atoms with E-state index >= 15 is 0 Å². The minimum absolute atomic E-state index is 0.599. The first-order valence-electron chi connectivity index (χ1n) is 4.18. The van der Waals surface area contributed by atoms with Gasteiger partial charge in [-0.25, -0.2) is 0 Å². The Morgan fingerprint density at radius 1 is 1.23 bits per heavy atom. The van der Waals surface area contributed by atoms with Crippen LogP contribution in [0.5, 0.6) is 0 Å². The lowest BCUT2D eigenvalue weighted by Gasteiger charge is -2.03. The molecule has 0 spiro atoms. The number of hydrazine groups is 1. The Kier molecular flexibility index (Phi) is 2.21. The van der Waals surface area contributed by atoms with Crippen molar-refractivity contribution in [3.63, 3.8) is 0 Å². The van der Waals surface area contributed by atoms with Gasteiger partial charge in [-0.3, -0.25) is 16.3 Å². The number of benzene rings is 1. The molecule has 0 atom stereocenters. The molecule has 0 aliphatic carbocycles. The number of aromatic nitrogens is 1. The van der Waals surface area contributed by atoms with Crippen LogP contribution in [-0.4, -0.2) is 4.98 Å². The molecule has 0 aliphatic heterocycles. The third-order valence-corrected chi connectivity index (χ3v) is 2.03. The van der Waals surface area contributed by atoms with E-state index in [1.165, 1.54) is 5.39 Å². The molecule has 0 fully saturated rings. The molecule has 0 bridgehead atoms. The van der Waals surface area contributed by atoms with Crippen molar-refractivity contribution in [3.8, 4) is 0 Å². The summed E-state index contributed by atoms with van der Waals surface area (Å²) in [6.07, 6.45) is 1.80. The zero-order valence-electron chi connectivity index (χ0n) is 7.20. The third-order valence-electron chi connectivity index (χ3n) is 2.03. The highest BCUT2D eigenvalue weighted by molar-refractivity contribution is 5.84. The number of fused-ring (bicyclic) bond motifs is 1. The van der Waals surface area contributed by atoms with Crippen LogP contribution >= 0.6 is 0 Å². The van der Waals surface area contributed by atoms with E-state index in [4.69, 9.17) is 5.84 Å². The van der Waals surface area contributed by atoms with Crippen molar-refractivity contribution < 1.29 is 0 Å². The number of nitrogens with one attached hydrogen (secondary N) is 1. The average molecular weight is 173 g/mol. The first-order valence-corrected chi connectivity index (χ1v) is 4.18. The number of nitrogens with zero attached hydrogens (tertiary/aromatic N) is 1. The van der Waals surface area contributed by atoms with Crippen molar-refractivity contribution in [1.29, 1.82) is 0 Å². The molecule has 1 heterocycles. The summed E-state index contributed by atoms with van der Waals surface area (Å²) in [4.78, 5) is 4.25. The predicted molar refractivity (Wildman–Crippen MR) is 52.8 cm³/mol. The molecular weight excluding hydrogens is 162 g/mol. The molecule has 0 amide bonds. The van der Waals surface area contributed by atoms with Crippen LogP contribution in [0.4, 0.5) is 0 Å². The molecule has 1 aromatic heterocycles. The van der Waals surface area contributed by atoms with E-state index in [1.54, 1.807) is 6.20 Å². The van der Waals surface area contributed by atoms with Crippen LogP contribution in [-0.2, 0) is 6.54 Å². The number of hydrogen-bond donors (Lipinski definition) is 2. The maximum Gasteiger partial charge on any atom is 0.0633 e. The summed E-state index contributed by atoms with van der Waals surface area (Å²) >= 11 is 0. The van der Waals surface area contributed by atoms with Gasteiger partial charge in [-0.05, 0) is 11.5 Å². The largest absolute Gasteiger partial charge is 0.271 e. The zero-order valence-corrected chi connectivity index (χ0v) is 7.20. The van der Waals surface area contributed by atoms with E-state index in [0.29, 0.717) is 6.54 Å². The van der Waals surface area contributed by atoms with Gasteiger partial charge in [-0.2, -0.15) is 0 Å². The Bertz CT molecular complexity index is 406. The fraction of sp³-hybridized carbons (Fsp3) is 0.100. The fourth-order valence-electron chi connectivity index (χ4n) is 1.42. The average Bonchev–Trinajstić information content (AvgIpc) is 2.19. The van der Waals surface area contributed by atoms with Gasteiger partial charge in [0.15, 0.2) is 0 Å². The van der Waals surface area contributed by atoms with E-state index in [2.05, 4.69) is 22.5 Å². The van der Waals surface area contributed by atoms with Gasteiger partial charge < -0.3 is 0 Å². The van der Waals surface area contributed by atoms with Crippen molar-refractivity contribution in [2.75, 3.05) is 0 Å². The Morgan fingerprint density at radius 2 is 2.08 bits per heavy atom. The van der Waals surface area contributed by atoms with Crippen LogP contribution in [0.2, 0.25) is 0 Å². The van der Waals surface area contributed by atoms with Gasteiger partial charge in [0.2, 0.25) is 0 Å². The van der Waals surface area contributed by atoms with Crippen molar-refractivity contribution in [2.45, 2.75) is 6.54 Å². The van der Waals surface area contributed by atoms with Crippen LogP contribution in [0.15, 0.2) is 36.5 Å². The second kappa shape index (κ2) is 3.51. The SMILES string of the molecule is NNCc1nccc2ccccc12. The molecule has 3 heteroatoms. The Labute approximate surface area is 76.6 Å². The van der Waals surface area contributed by atoms with Gasteiger partial charge >= 0.3 is 0 Å². The highest BCUT2D eigenvalue weighted by Gasteiger charge is 1.98. The van der Waals surface area contributed by atoms with Crippen LogP contribution < -0.4 is 11.3 Å². The summed E-state index contributed by atoms with van der Waals surface area (Å²) in [5, 5.41) is 2.35. The van der Waals surface area contributed by atoms with Gasteiger partial charge in [-0.1, -0.05) is 24.3 Å². The van der Waals surface area contributed by atoms with Gasteiger partial charge in [0.25, 0.3) is 0 Å². The number of pyridine rings is 1. The third kappa shape index (κ3) is 1.52. The van der Waals surface area contributed by atoms with Gasteiger partial charge in [0, 0.05) is 11.6 Å². The quantitative estimate of drug-likeness (QED) is 0.530. The summed E-state index contributed by atoms with van der Waals surface area (Å²) in [7, 11) is 0. The monoisotopic (exact) mass is 173 g/mol. The van der Waals surface area contributed by atoms with Crippen molar-refractivity contribution in [1.82, 2.24) is 10.4 Å². The number of nitrogens with two attached hydrogens (primary N) is 1. The topological polar surface area (TPSA) is 50.9 Å². The van der Waals surface area contributed by atoms with Crippen molar-refractivity contribution in [3.05, 3.63) is 42.2 Å². The molecule has 1 aromatic carbocycles. The maximum absolute atomic E-state index is 5.26. The molecule has 13 heavy (non-hydrogen) atoms. The van der Waals surface area contributed by atoms with Crippen LogP contribution in [0, 0.1) is 0 Å². The van der Waals surface area contributed by atoms with Gasteiger partial charge in [0.1, 0.15) is 0 Å². The lowest BCUT2D eigenvalue weighted by molar-refractivity contribution is 0.728. The molecule has 0 radical (unpaired) electrons. The Morgan fingerprint density at radius 3 is 2.92 bits per heavy atom. The highest BCUT2D eigenvalue weighted by atomic mass is 15.2. The lowest BCUT2D eigenvalue weighted by Crippen LogP contribution is -2.21. The summed E-state index contributed by atoms with van der Waals surface area (Å²) < 4.78 is 0. The van der Waals surface area contributed by atoms with E-state index in [0.717, 1.165) is 11.1 Å². The van der Waals surface area contributed by atoms with Crippen molar-refractivity contribution in [2.24, 2.45) is 5.84 Å². The normalized spacial score (nSPS) is 10.5. The van der Waals surface area contributed by atoms with E-state index in [-0.39, 0.29) is 0 Å². The minimum atomic E-state index is 0.599. The second-order valence-electron chi connectivity index (χ2n) is 2.86. The predicted octanol–water partition coefficient (Wildman–Crippen LogP) is 1.20. The highest BCUT2D eigenvalue weighted by Crippen LogP contribution is 2.15.